The van der Waals surface area contributed by atoms with E-state index in [0.717, 1.165) is 32.4 Å². The van der Waals surface area contributed by atoms with E-state index < -0.39 is 0 Å². The third-order valence-electron chi connectivity index (χ3n) is 4.90. The van der Waals surface area contributed by atoms with E-state index >= 15 is 0 Å². The van der Waals surface area contributed by atoms with Crippen molar-refractivity contribution in [3.63, 3.8) is 0 Å². The second kappa shape index (κ2) is 7.36. The third kappa shape index (κ3) is 3.46. The van der Waals surface area contributed by atoms with Gasteiger partial charge in [0, 0.05) is 19.6 Å². The number of aryl methyl sites for hydroxylation is 1. The van der Waals surface area contributed by atoms with Crippen LogP contribution >= 0.6 is 0 Å². The van der Waals surface area contributed by atoms with E-state index in [4.69, 9.17) is 5.11 Å². The summed E-state index contributed by atoms with van der Waals surface area (Å²) in [5.74, 6) is 2.42. The molecule has 5 nitrogen and oxygen atoms in total. The van der Waals surface area contributed by atoms with Gasteiger partial charge in [0.15, 0.2) is 0 Å². The van der Waals surface area contributed by atoms with Gasteiger partial charge < -0.3 is 9.67 Å². The predicted molar refractivity (Wildman–Crippen MR) is 82.1 cm³/mol. The van der Waals surface area contributed by atoms with Gasteiger partial charge in [0.05, 0.1) is 6.04 Å². The van der Waals surface area contributed by atoms with Crippen molar-refractivity contribution < 1.29 is 5.11 Å². The van der Waals surface area contributed by atoms with Crippen LogP contribution in [0.15, 0.2) is 0 Å². The van der Waals surface area contributed by atoms with Crippen molar-refractivity contribution >= 4 is 0 Å². The molecule has 1 unspecified atom stereocenters. The zero-order chi connectivity index (χ0) is 14.5. The molecule has 21 heavy (non-hydrogen) atoms. The first-order chi connectivity index (χ1) is 10.4. The first-order valence-electron chi connectivity index (χ1n) is 8.67. The van der Waals surface area contributed by atoms with Gasteiger partial charge in [-0.1, -0.05) is 6.42 Å². The quantitative estimate of drug-likeness (QED) is 0.818. The molecule has 1 aromatic heterocycles. The van der Waals surface area contributed by atoms with Crippen molar-refractivity contribution in [3.8, 4) is 0 Å². The molecule has 1 N–H and O–H groups in total. The topological polar surface area (TPSA) is 54.2 Å². The fraction of sp³-hybridized carbons (Fsp3) is 0.875. The second-order valence-corrected chi connectivity index (χ2v) is 6.41. The number of hydrogen-bond acceptors (Lipinski definition) is 4. The molecular weight excluding hydrogens is 264 g/mol. The largest absolute Gasteiger partial charge is 0.396 e. The van der Waals surface area contributed by atoms with Gasteiger partial charge >= 0.3 is 0 Å². The average Bonchev–Trinajstić information content (AvgIpc) is 3.04. The van der Waals surface area contributed by atoms with Crippen LogP contribution in [0.2, 0.25) is 0 Å². The summed E-state index contributed by atoms with van der Waals surface area (Å²) in [5, 5.41) is 17.9. The van der Waals surface area contributed by atoms with Crippen molar-refractivity contribution in [2.24, 2.45) is 0 Å². The van der Waals surface area contributed by atoms with Crippen LogP contribution in [0.1, 0.15) is 69.1 Å². The van der Waals surface area contributed by atoms with Crippen molar-refractivity contribution in [2.45, 2.75) is 70.4 Å². The Hall–Kier alpha value is -0.940. The Morgan fingerprint density at radius 3 is 2.86 bits per heavy atom. The number of aromatic nitrogens is 3. The first-order valence-corrected chi connectivity index (χ1v) is 8.67. The summed E-state index contributed by atoms with van der Waals surface area (Å²) in [6.07, 6.45) is 10.7. The van der Waals surface area contributed by atoms with Gasteiger partial charge in [0.1, 0.15) is 11.6 Å². The van der Waals surface area contributed by atoms with Crippen LogP contribution in [-0.4, -0.2) is 44.5 Å². The molecule has 2 aliphatic heterocycles. The summed E-state index contributed by atoms with van der Waals surface area (Å²) in [6.45, 7) is 3.74. The second-order valence-electron chi connectivity index (χ2n) is 6.41. The fourth-order valence-electron chi connectivity index (χ4n) is 3.74. The standard InChI is InChI=1S/C16H28N4O/c21-13-6-2-4-10-19-11-7-8-14(19)16-18-17-15-9-3-1-5-12-20(15)16/h14,21H,1-13H2. The van der Waals surface area contributed by atoms with E-state index in [1.54, 1.807) is 0 Å². The Morgan fingerprint density at radius 1 is 1.00 bits per heavy atom. The summed E-state index contributed by atoms with van der Waals surface area (Å²) >= 11 is 0. The van der Waals surface area contributed by atoms with E-state index in [9.17, 15) is 0 Å². The Labute approximate surface area is 127 Å². The van der Waals surface area contributed by atoms with E-state index in [-0.39, 0.29) is 0 Å². The summed E-state index contributed by atoms with van der Waals surface area (Å²) in [5.41, 5.74) is 0. The molecule has 0 amide bonds. The predicted octanol–water partition coefficient (Wildman–Crippen LogP) is 2.30. The number of hydrogen-bond donors (Lipinski definition) is 1. The molecular formula is C16H28N4O. The molecule has 0 aliphatic carbocycles. The van der Waals surface area contributed by atoms with Gasteiger partial charge in [-0.05, 0) is 58.0 Å². The van der Waals surface area contributed by atoms with Crippen molar-refractivity contribution in [2.75, 3.05) is 19.7 Å². The van der Waals surface area contributed by atoms with Crippen LogP contribution < -0.4 is 0 Å². The summed E-state index contributed by atoms with van der Waals surface area (Å²) in [4.78, 5) is 2.58. The molecule has 1 aromatic rings. The average molecular weight is 292 g/mol. The minimum atomic E-state index is 0.321. The zero-order valence-electron chi connectivity index (χ0n) is 13.0. The van der Waals surface area contributed by atoms with Gasteiger partial charge in [0.2, 0.25) is 0 Å². The minimum Gasteiger partial charge on any atom is -0.396 e. The van der Waals surface area contributed by atoms with Crippen LogP contribution in [0.4, 0.5) is 0 Å². The zero-order valence-corrected chi connectivity index (χ0v) is 13.0. The van der Waals surface area contributed by atoms with E-state index in [1.165, 1.54) is 56.7 Å². The highest BCUT2D eigenvalue weighted by atomic mass is 16.2. The molecule has 0 aromatic carbocycles. The maximum Gasteiger partial charge on any atom is 0.150 e. The van der Waals surface area contributed by atoms with Crippen molar-refractivity contribution in [3.05, 3.63) is 11.6 Å². The molecule has 1 saturated heterocycles. The molecule has 0 radical (unpaired) electrons. The Kier molecular flexibility index (Phi) is 5.25. The number of rotatable bonds is 6. The molecule has 2 aliphatic rings. The van der Waals surface area contributed by atoms with Crippen molar-refractivity contribution in [1.82, 2.24) is 19.7 Å². The third-order valence-corrected chi connectivity index (χ3v) is 4.90. The van der Waals surface area contributed by atoms with Gasteiger partial charge in [-0.3, -0.25) is 4.90 Å². The Balaban J connectivity index is 1.66. The summed E-state index contributed by atoms with van der Waals surface area (Å²) < 4.78 is 2.41. The highest BCUT2D eigenvalue weighted by Gasteiger charge is 2.30. The molecule has 1 atom stereocenters. The number of aliphatic hydroxyl groups is 1. The lowest BCUT2D eigenvalue weighted by molar-refractivity contribution is 0.230. The maximum absolute atomic E-state index is 8.88. The van der Waals surface area contributed by atoms with Crippen LogP contribution in [0.5, 0.6) is 0 Å². The number of unbranched alkanes of at least 4 members (excludes halogenated alkanes) is 2. The van der Waals surface area contributed by atoms with E-state index in [2.05, 4.69) is 19.7 Å². The van der Waals surface area contributed by atoms with Crippen LogP contribution in [0.25, 0.3) is 0 Å². The van der Waals surface area contributed by atoms with Crippen LogP contribution in [0.3, 0.4) is 0 Å². The molecule has 3 heterocycles. The summed E-state index contributed by atoms with van der Waals surface area (Å²) in [6, 6.07) is 0.471. The van der Waals surface area contributed by atoms with Crippen molar-refractivity contribution in [1.29, 1.82) is 0 Å². The van der Waals surface area contributed by atoms with Gasteiger partial charge in [0.25, 0.3) is 0 Å². The number of fused-ring (bicyclic) bond motifs is 1. The van der Waals surface area contributed by atoms with Gasteiger partial charge in [-0.15, -0.1) is 10.2 Å². The molecule has 3 rings (SSSR count). The van der Waals surface area contributed by atoms with E-state index in [0.29, 0.717) is 12.6 Å². The molecule has 0 saturated carbocycles. The van der Waals surface area contributed by atoms with E-state index in [1.807, 2.05) is 0 Å². The lowest BCUT2D eigenvalue weighted by Crippen LogP contribution is -2.27. The normalized spacial score (nSPS) is 23.2. The summed E-state index contributed by atoms with van der Waals surface area (Å²) in [7, 11) is 0. The monoisotopic (exact) mass is 292 g/mol. The number of likely N-dealkylation sites (tertiary alicyclic amines) is 1. The molecule has 0 spiro atoms. The van der Waals surface area contributed by atoms with Gasteiger partial charge in [-0.2, -0.15) is 0 Å². The lowest BCUT2D eigenvalue weighted by atomic mass is 10.2. The van der Waals surface area contributed by atoms with Crippen LogP contribution in [-0.2, 0) is 13.0 Å². The first kappa shape index (κ1) is 15.0. The Morgan fingerprint density at radius 2 is 1.95 bits per heavy atom. The minimum absolute atomic E-state index is 0.321. The molecule has 1 fully saturated rings. The lowest BCUT2D eigenvalue weighted by Gasteiger charge is -2.24. The highest BCUT2D eigenvalue weighted by molar-refractivity contribution is 5.05. The smallest absolute Gasteiger partial charge is 0.150 e. The van der Waals surface area contributed by atoms with Crippen LogP contribution in [0, 0.1) is 0 Å². The maximum atomic E-state index is 8.88. The SMILES string of the molecule is OCCCCCN1CCCC1c1nnc2n1CCCCC2. The fourth-order valence-corrected chi connectivity index (χ4v) is 3.74. The number of aliphatic hydroxyl groups excluding tert-OH is 1. The van der Waals surface area contributed by atoms with Gasteiger partial charge in [-0.25, -0.2) is 0 Å². The molecule has 118 valence electrons. The molecule has 5 heteroatoms. The Bertz CT molecular complexity index is 445. The highest BCUT2D eigenvalue weighted by Crippen LogP contribution is 2.32. The number of nitrogens with zero attached hydrogens (tertiary/aromatic N) is 4. The molecule has 0 bridgehead atoms.